The van der Waals surface area contributed by atoms with Crippen LogP contribution in [-0.2, 0) is 7.05 Å². The Kier molecular flexibility index (Phi) is 4.48. The molecule has 0 fully saturated rings. The van der Waals surface area contributed by atoms with Crippen LogP contribution in [0.3, 0.4) is 0 Å². The number of nitrogens with zero attached hydrogens (tertiary/aromatic N) is 3. The van der Waals surface area contributed by atoms with Crippen LogP contribution in [0.25, 0.3) is 10.2 Å². The summed E-state index contributed by atoms with van der Waals surface area (Å²) in [7, 11) is 3.25. The average molecular weight is 321 g/mol. The fourth-order valence-electron chi connectivity index (χ4n) is 2.48. The van der Waals surface area contributed by atoms with E-state index in [0.717, 1.165) is 27.1 Å². The Labute approximate surface area is 132 Å². The smallest absolute Gasteiger partial charge is 0.307 e. The Balaban J connectivity index is 2.48. The van der Waals surface area contributed by atoms with Crippen LogP contribution in [0.2, 0.25) is 0 Å². The highest BCUT2D eigenvalue weighted by Crippen LogP contribution is 2.26. The minimum Gasteiger partial charge on any atom is -0.371 e. The highest BCUT2D eigenvalue weighted by Gasteiger charge is 2.27. The molecule has 118 valence electrons. The van der Waals surface area contributed by atoms with Gasteiger partial charge in [0.1, 0.15) is 0 Å². The van der Waals surface area contributed by atoms with Crippen LogP contribution in [0.15, 0.2) is 22.0 Å². The lowest BCUT2D eigenvalue weighted by Crippen LogP contribution is -2.37. The molecule has 0 radical (unpaired) electrons. The molecule has 0 amide bonds. The number of benzene rings is 1. The summed E-state index contributed by atoms with van der Waals surface area (Å²) >= 11 is 1.15. The standard InChI is InChI=1S/C15H19N3O3S/c1-8-10(13(19)9(2)14(20)18(5)16-3)6-7-11-12(8)17(4)15(21)22-11/h6-7,9,14,20H,3H2,1-2,4-5H3. The number of ketones is 1. The van der Waals surface area contributed by atoms with Gasteiger partial charge in [0.15, 0.2) is 12.0 Å². The summed E-state index contributed by atoms with van der Waals surface area (Å²) in [5.74, 6) is -0.858. The normalized spacial score (nSPS) is 13.9. The average Bonchev–Trinajstić information content (AvgIpc) is 2.80. The van der Waals surface area contributed by atoms with E-state index in [1.54, 1.807) is 37.7 Å². The zero-order chi connectivity index (χ0) is 16.6. The second-order valence-corrected chi connectivity index (χ2v) is 6.29. The molecule has 0 bridgehead atoms. The predicted molar refractivity (Wildman–Crippen MR) is 88.6 cm³/mol. The molecule has 7 heteroatoms. The molecule has 22 heavy (non-hydrogen) atoms. The van der Waals surface area contributed by atoms with Crippen molar-refractivity contribution in [3.63, 3.8) is 0 Å². The van der Waals surface area contributed by atoms with Crippen molar-refractivity contribution in [2.45, 2.75) is 20.1 Å². The number of hydrazone groups is 1. The molecule has 1 heterocycles. The van der Waals surface area contributed by atoms with Crippen molar-refractivity contribution in [3.05, 3.63) is 32.9 Å². The van der Waals surface area contributed by atoms with Gasteiger partial charge < -0.3 is 9.67 Å². The minimum atomic E-state index is -1.05. The lowest BCUT2D eigenvalue weighted by molar-refractivity contribution is -0.0107. The van der Waals surface area contributed by atoms with Gasteiger partial charge in [-0.2, -0.15) is 5.10 Å². The van der Waals surface area contributed by atoms with E-state index < -0.39 is 12.1 Å². The molecule has 6 nitrogen and oxygen atoms in total. The van der Waals surface area contributed by atoms with Crippen molar-refractivity contribution in [2.24, 2.45) is 18.1 Å². The van der Waals surface area contributed by atoms with Crippen molar-refractivity contribution >= 4 is 34.1 Å². The first-order valence-electron chi connectivity index (χ1n) is 6.80. The van der Waals surface area contributed by atoms with E-state index in [-0.39, 0.29) is 10.7 Å². The SMILES string of the molecule is C=NN(C)C(O)C(C)C(=O)c1ccc2sc(=O)n(C)c2c1C. The van der Waals surface area contributed by atoms with E-state index in [1.165, 1.54) is 5.01 Å². The Morgan fingerprint density at radius 1 is 1.50 bits per heavy atom. The van der Waals surface area contributed by atoms with E-state index in [1.807, 2.05) is 6.92 Å². The number of aliphatic hydroxyl groups excluding tert-OH is 1. The van der Waals surface area contributed by atoms with Crippen molar-refractivity contribution in [1.82, 2.24) is 9.58 Å². The third-order valence-electron chi connectivity index (χ3n) is 3.93. The molecule has 1 aromatic heterocycles. The number of fused-ring (bicyclic) bond motifs is 1. The zero-order valence-corrected chi connectivity index (χ0v) is 13.8. The first-order valence-corrected chi connectivity index (χ1v) is 7.62. The second-order valence-electron chi connectivity index (χ2n) is 5.29. The molecule has 0 aliphatic heterocycles. The van der Waals surface area contributed by atoms with Gasteiger partial charge in [-0.05, 0) is 24.6 Å². The van der Waals surface area contributed by atoms with Crippen LogP contribution >= 0.6 is 11.3 Å². The van der Waals surface area contributed by atoms with E-state index >= 15 is 0 Å². The summed E-state index contributed by atoms with van der Waals surface area (Å²) in [6.45, 7) is 6.80. The molecule has 2 aromatic rings. The number of hydrogen-bond donors (Lipinski definition) is 1. The summed E-state index contributed by atoms with van der Waals surface area (Å²) in [4.78, 5) is 24.4. The van der Waals surface area contributed by atoms with Gasteiger partial charge in [-0.3, -0.25) is 14.6 Å². The first-order chi connectivity index (χ1) is 10.3. The van der Waals surface area contributed by atoms with Crippen LogP contribution in [0.5, 0.6) is 0 Å². The molecule has 0 saturated carbocycles. The molecule has 1 aromatic carbocycles. The summed E-state index contributed by atoms with van der Waals surface area (Å²) in [5.41, 5.74) is 2.01. The Morgan fingerprint density at radius 3 is 2.73 bits per heavy atom. The number of rotatable bonds is 5. The Hall–Kier alpha value is -1.99. The topological polar surface area (TPSA) is 74.9 Å². The summed E-state index contributed by atoms with van der Waals surface area (Å²) < 4.78 is 2.39. The monoisotopic (exact) mass is 321 g/mol. The number of Topliss-reactive ketones (excluding diaryl/α,β-unsaturated/α-hetero) is 1. The number of aliphatic hydroxyl groups is 1. The van der Waals surface area contributed by atoms with Crippen LogP contribution in [-0.4, -0.2) is 40.5 Å². The quantitative estimate of drug-likeness (QED) is 0.393. The fourth-order valence-corrected chi connectivity index (χ4v) is 3.42. The lowest BCUT2D eigenvalue weighted by Gasteiger charge is -2.25. The highest BCUT2D eigenvalue weighted by molar-refractivity contribution is 7.16. The molecular weight excluding hydrogens is 302 g/mol. The highest BCUT2D eigenvalue weighted by atomic mass is 32.1. The molecule has 0 saturated heterocycles. The van der Waals surface area contributed by atoms with E-state index in [2.05, 4.69) is 11.8 Å². The second kappa shape index (κ2) is 6.02. The van der Waals surface area contributed by atoms with Crippen LogP contribution in [0.4, 0.5) is 0 Å². The number of carbonyl (C=O) groups is 1. The van der Waals surface area contributed by atoms with Crippen LogP contribution < -0.4 is 4.87 Å². The Bertz CT molecular complexity index is 793. The van der Waals surface area contributed by atoms with Gasteiger partial charge >= 0.3 is 4.87 Å². The van der Waals surface area contributed by atoms with Crippen LogP contribution in [0, 0.1) is 12.8 Å². The first kappa shape index (κ1) is 16.4. The fraction of sp³-hybridized carbons (Fsp3) is 0.400. The van der Waals surface area contributed by atoms with E-state index in [0.29, 0.717) is 5.56 Å². The third-order valence-corrected chi connectivity index (χ3v) is 4.93. The maximum absolute atomic E-state index is 12.7. The number of hydrogen-bond acceptors (Lipinski definition) is 6. The minimum absolute atomic E-state index is 0.0635. The molecule has 0 aliphatic rings. The predicted octanol–water partition coefficient (Wildman–Crippen LogP) is 1.59. The van der Waals surface area contributed by atoms with E-state index in [4.69, 9.17) is 0 Å². The molecule has 1 N–H and O–H groups in total. The van der Waals surface area contributed by atoms with Gasteiger partial charge in [0.25, 0.3) is 0 Å². The number of aryl methyl sites for hydroxylation is 2. The largest absolute Gasteiger partial charge is 0.371 e. The maximum atomic E-state index is 12.7. The zero-order valence-electron chi connectivity index (χ0n) is 13.0. The van der Waals surface area contributed by atoms with Gasteiger partial charge in [-0.15, -0.1) is 0 Å². The maximum Gasteiger partial charge on any atom is 0.307 e. The van der Waals surface area contributed by atoms with Gasteiger partial charge in [0.2, 0.25) is 0 Å². The van der Waals surface area contributed by atoms with Gasteiger partial charge in [-0.25, -0.2) is 0 Å². The molecule has 0 aliphatic carbocycles. The lowest BCUT2D eigenvalue weighted by atomic mass is 9.94. The molecule has 2 unspecified atom stereocenters. The number of thiazole rings is 1. The molecular formula is C15H19N3O3S. The van der Waals surface area contributed by atoms with Gasteiger partial charge in [-0.1, -0.05) is 18.3 Å². The van der Waals surface area contributed by atoms with Crippen molar-refractivity contribution in [3.8, 4) is 0 Å². The third kappa shape index (κ3) is 2.57. The van der Waals surface area contributed by atoms with Crippen molar-refractivity contribution in [1.29, 1.82) is 0 Å². The molecule has 2 rings (SSSR count). The van der Waals surface area contributed by atoms with Crippen molar-refractivity contribution < 1.29 is 9.90 Å². The summed E-state index contributed by atoms with van der Waals surface area (Å²) in [6, 6.07) is 3.48. The number of aromatic nitrogens is 1. The van der Waals surface area contributed by atoms with Gasteiger partial charge in [0, 0.05) is 26.4 Å². The van der Waals surface area contributed by atoms with Crippen molar-refractivity contribution in [2.75, 3.05) is 7.05 Å². The molecule has 0 spiro atoms. The summed E-state index contributed by atoms with van der Waals surface area (Å²) in [6.07, 6.45) is -1.05. The van der Waals surface area contributed by atoms with E-state index in [9.17, 15) is 14.7 Å². The molecule has 2 atom stereocenters. The van der Waals surface area contributed by atoms with Crippen LogP contribution in [0.1, 0.15) is 22.8 Å². The Morgan fingerprint density at radius 2 is 2.14 bits per heavy atom. The van der Waals surface area contributed by atoms with Gasteiger partial charge in [0.05, 0.1) is 16.1 Å². The summed E-state index contributed by atoms with van der Waals surface area (Å²) in [5, 5.41) is 15.0. The number of carbonyl (C=O) groups excluding carboxylic acids is 1.